The number of nitrogens with one attached hydrogen (secondary N) is 1. The molecular weight excluding hydrogens is 326 g/mol. The maximum absolute atomic E-state index is 12.2. The summed E-state index contributed by atoms with van der Waals surface area (Å²) < 4.78 is 0. The number of hydrogen-bond acceptors (Lipinski definition) is 5. The Kier molecular flexibility index (Phi) is 3.76. The van der Waals surface area contributed by atoms with Gasteiger partial charge in [0, 0.05) is 28.8 Å². The van der Waals surface area contributed by atoms with E-state index in [-0.39, 0.29) is 11.8 Å². The maximum atomic E-state index is 12.2. The number of carbonyl (C=O) groups excluding carboxylic acids is 1. The molecule has 1 aromatic carbocycles. The van der Waals surface area contributed by atoms with E-state index in [9.17, 15) is 4.79 Å². The first-order valence-corrected chi connectivity index (χ1v) is 8.66. The number of nitrogens with two attached hydrogens (primary N) is 2. The predicted octanol–water partition coefficient (Wildman–Crippen LogP) is 3.36. The predicted molar refractivity (Wildman–Crippen MR) is 104 cm³/mol. The van der Waals surface area contributed by atoms with Gasteiger partial charge < -0.3 is 16.8 Å². The largest absolute Gasteiger partial charge is 0.398 e. The lowest BCUT2D eigenvalue weighted by molar-refractivity contribution is -0.117. The lowest BCUT2D eigenvalue weighted by Gasteiger charge is -2.11. The van der Waals surface area contributed by atoms with E-state index < -0.39 is 0 Å². The van der Waals surface area contributed by atoms with Crippen molar-refractivity contribution in [3.05, 3.63) is 42.1 Å². The highest BCUT2D eigenvalue weighted by Gasteiger charge is 2.39. The number of aromatic nitrogens is 2. The standard InChI is InChI=1S/C20H21N5O/c1-10-6-14(10)20(26)25-18-8-12-7-17(24-19(22)15(12)9-23-18)13-4-3-5-16(21)11(13)2/h3-5,7-10,14H,6,21H2,1-2H3,(H2,22,24)(H,23,25,26)/t10-,14?/m1/s1. The van der Waals surface area contributed by atoms with Gasteiger partial charge in [0.1, 0.15) is 11.6 Å². The van der Waals surface area contributed by atoms with Crippen LogP contribution in [0.5, 0.6) is 0 Å². The fraction of sp³-hybridized carbons (Fsp3) is 0.250. The van der Waals surface area contributed by atoms with Gasteiger partial charge in [-0.2, -0.15) is 0 Å². The van der Waals surface area contributed by atoms with Gasteiger partial charge in [-0.05, 0) is 48.4 Å². The average Bonchev–Trinajstić information content (AvgIpc) is 3.34. The Labute approximate surface area is 151 Å². The maximum Gasteiger partial charge on any atom is 0.228 e. The van der Waals surface area contributed by atoms with Gasteiger partial charge in [0.2, 0.25) is 5.91 Å². The van der Waals surface area contributed by atoms with Gasteiger partial charge in [0.25, 0.3) is 0 Å². The second-order valence-electron chi connectivity index (χ2n) is 7.01. The Morgan fingerprint density at radius 2 is 2.04 bits per heavy atom. The molecule has 5 N–H and O–H groups in total. The Morgan fingerprint density at radius 3 is 2.77 bits per heavy atom. The van der Waals surface area contributed by atoms with Crippen molar-refractivity contribution in [1.82, 2.24) is 9.97 Å². The van der Waals surface area contributed by atoms with Crippen LogP contribution in [0, 0.1) is 18.8 Å². The van der Waals surface area contributed by atoms with Crippen LogP contribution >= 0.6 is 0 Å². The SMILES string of the molecule is Cc1c(N)cccc1-c1cc2cc(NC(=O)C3C[C@H]3C)ncc2c(N)n1. The highest BCUT2D eigenvalue weighted by molar-refractivity contribution is 5.98. The van der Waals surface area contributed by atoms with Gasteiger partial charge in [-0.25, -0.2) is 9.97 Å². The highest BCUT2D eigenvalue weighted by atomic mass is 16.2. The molecule has 4 rings (SSSR count). The smallest absolute Gasteiger partial charge is 0.228 e. The summed E-state index contributed by atoms with van der Waals surface area (Å²) >= 11 is 0. The van der Waals surface area contributed by atoms with Crippen molar-refractivity contribution in [1.29, 1.82) is 0 Å². The third-order valence-electron chi connectivity index (χ3n) is 5.09. The van der Waals surface area contributed by atoms with E-state index in [1.54, 1.807) is 6.20 Å². The van der Waals surface area contributed by atoms with Crippen molar-refractivity contribution < 1.29 is 4.79 Å². The monoisotopic (exact) mass is 347 g/mol. The first-order valence-electron chi connectivity index (χ1n) is 8.66. The molecule has 0 spiro atoms. The van der Waals surface area contributed by atoms with Gasteiger partial charge >= 0.3 is 0 Å². The molecule has 6 heteroatoms. The molecule has 0 radical (unpaired) electrons. The average molecular weight is 347 g/mol. The highest BCUT2D eigenvalue weighted by Crippen LogP contribution is 2.38. The number of hydrogen-bond donors (Lipinski definition) is 3. The Balaban J connectivity index is 1.74. The number of nitrogens with zero attached hydrogens (tertiary/aromatic N) is 2. The van der Waals surface area contributed by atoms with Crippen molar-refractivity contribution in [2.45, 2.75) is 20.3 Å². The third-order valence-corrected chi connectivity index (χ3v) is 5.09. The van der Waals surface area contributed by atoms with E-state index in [0.29, 0.717) is 23.2 Å². The lowest BCUT2D eigenvalue weighted by atomic mass is 10.0. The summed E-state index contributed by atoms with van der Waals surface area (Å²) in [6.45, 7) is 4.03. The molecule has 2 aromatic heterocycles. The third kappa shape index (κ3) is 2.83. The van der Waals surface area contributed by atoms with E-state index >= 15 is 0 Å². The molecule has 6 nitrogen and oxygen atoms in total. The zero-order valence-electron chi connectivity index (χ0n) is 14.8. The van der Waals surface area contributed by atoms with E-state index in [4.69, 9.17) is 11.5 Å². The molecule has 2 heterocycles. The number of fused-ring (bicyclic) bond motifs is 1. The number of anilines is 3. The van der Waals surface area contributed by atoms with Crippen LogP contribution in [0.15, 0.2) is 36.5 Å². The van der Waals surface area contributed by atoms with E-state index in [1.165, 1.54) is 0 Å². The molecule has 2 atom stereocenters. The summed E-state index contributed by atoms with van der Waals surface area (Å²) in [7, 11) is 0. The summed E-state index contributed by atoms with van der Waals surface area (Å²) in [6, 6.07) is 9.51. The van der Waals surface area contributed by atoms with Crippen LogP contribution in [0.2, 0.25) is 0 Å². The number of benzene rings is 1. The van der Waals surface area contributed by atoms with Gasteiger partial charge in [-0.1, -0.05) is 19.1 Å². The number of amides is 1. The minimum absolute atomic E-state index is 0.0262. The van der Waals surface area contributed by atoms with Crippen molar-refractivity contribution in [2.75, 3.05) is 16.8 Å². The summed E-state index contributed by atoms with van der Waals surface area (Å²) in [5.41, 5.74) is 15.5. The van der Waals surface area contributed by atoms with Gasteiger partial charge in [0.05, 0.1) is 5.69 Å². The van der Waals surface area contributed by atoms with Crippen LogP contribution in [0.3, 0.4) is 0 Å². The summed E-state index contributed by atoms with van der Waals surface area (Å²) in [5, 5.41) is 4.53. The second-order valence-corrected chi connectivity index (χ2v) is 7.01. The number of pyridine rings is 2. The molecule has 1 saturated carbocycles. The van der Waals surface area contributed by atoms with Crippen LogP contribution in [0.25, 0.3) is 22.0 Å². The van der Waals surface area contributed by atoms with Gasteiger partial charge in [-0.15, -0.1) is 0 Å². The molecule has 1 fully saturated rings. The molecule has 0 bridgehead atoms. The van der Waals surface area contributed by atoms with E-state index in [2.05, 4.69) is 22.2 Å². The van der Waals surface area contributed by atoms with Gasteiger partial charge in [-0.3, -0.25) is 4.79 Å². The normalized spacial score (nSPS) is 18.7. The van der Waals surface area contributed by atoms with Crippen LogP contribution in [-0.4, -0.2) is 15.9 Å². The zero-order valence-corrected chi connectivity index (χ0v) is 14.8. The quantitative estimate of drug-likeness (QED) is 0.630. The fourth-order valence-corrected chi connectivity index (χ4v) is 3.22. The summed E-state index contributed by atoms with van der Waals surface area (Å²) in [5.74, 6) is 1.51. The van der Waals surface area contributed by atoms with E-state index in [0.717, 1.165) is 34.0 Å². The zero-order chi connectivity index (χ0) is 18.4. The Bertz CT molecular complexity index is 1030. The summed E-state index contributed by atoms with van der Waals surface area (Å²) in [4.78, 5) is 21.0. The molecule has 0 aliphatic heterocycles. The van der Waals surface area contributed by atoms with Crippen LogP contribution in [-0.2, 0) is 4.79 Å². The molecule has 1 aliphatic rings. The van der Waals surface area contributed by atoms with E-state index in [1.807, 2.05) is 37.3 Å². The van der Waals surface area contributed by atoms with Crippen LogP contribution in [0.4, 0.5) is 17.3 Å². The topological polar surface area (TPSA) is 107 Å². The molecule has 1 aliphatic carbocycles. The second kappa shape index (κ2) is 5.98. The van der Waals surface area contributed by atoms with Crippen molar-refractivity contribution in [2.24, 2.45) is 11.8 Å². The molecule has 1 amide bonds. The lowest BCUT2D eigenvalue weighted by Crippen LogP contribution is -2.15. The van der Waals surface area contributed by atoms with Gasteiger partial charge in [0.15, 0.2) is 0 Å². The number of nitrogen functional groups attached to an aromatic ring is 2. The minimum Gasteiger partial charge on any atom is -0.398 e. The molecular formula is C20H21N5O. The van der Waals surface area contributed by atoms with Crippen molar-refractivity contribution in [3.63, 3.8) is 0 Å². The number of rotatable bonds is 3. The molecule has 3 aromatic rings. The van der Waals surface area contributed by atoms with Crippen LogP contribution < -0.4 is 16.8 Å². The van der Waals surface area contributed by atoms with Crippen molar-refractivity contribution >= 4 is 34.0 Å². The first-order chi connectivity index (χ1) is 12.4. The molecule has 0 saturated heterocycles. The molecule has 132 valence electrons. The van der Waals surface area contributed by atoms with Crippen molar-refractivity contribution in [3.8, 4) is 11.3 Å². The fourth-order valence-electron chi connectivity index (χ4n) is 3.22. The summed E-state index contributed by atoms with van der Waals surface area (Å²) in [6.07, 6.45) is 2.59. The first kappa shape index (κ1) is 16.3. The number of carbonyl (C=O) groups is 1. The minimum atomic E-state index is 0.0262. The Morgan fingerprint density at radius 1 is 1.27 bits per heavy atom. The Hall–Kier alpha value is -3.15. The molecule has 1 unspecified atom stereocenters. The van der Waals surface area contributed by atoms with Crippen LogP contribution in [0.1, 0.15) is 18.9 Å². The molecule has 26 heavy (non-hydrogen) atoms.